The summed E-state index contributed by atoms with van der Waals surface area (Å²) >= 11 is 0. The SMILES string of the molecule is COC1CCc2cc(O)ccc21. The highest BCUT2D eigenvalue weighted by Crippen LogP contribution is 2.34. The number of phenolic OH excluding ortho intramolecular Hbond substituents is 1. The number of fused-ring (bicyclic) bond motifs is 1. The van der Waals surface area contributed by atoms with Crippen LogP contribution in [-0.2, 0) is 11.2 Å². The topological polar surface area (TPSA) is 29.5 Å². The normalized spacial score (nSPS) is 20.9. The van der Waals surface area contributed by atoms with Crippen molar-refractivity contribution in [1.82, 2.24) is 0 Å². The van der Waals surface area contributed by atoms with E-state index >= 15 is 0 Å². The lowest BCUT2D eigenvalue weighted by atomic mass is 10.1. The van der Waals surface area contributed by atoms with Crippen molar-refractivity contribution in [3.8, 4) is 5.75 Å². The molecule has 1 N–H and O–H groups in total. The minimum absolute atomic E-state index is 0.237. The van der Waals surface area contributed by atoms with E-state index in [-0.39, 0.29) is 6.10 Å². The Bertz CT molecular complexity index is 294. The number of aryl methyl sites for hydroxylation is 1. The number of benzene rings is 1. The van der Waals surface area contributed by atoms with Gasteiger partial charge in [0.25, 0.3) is 0 Å². The molecule has 0 aromatic heterocycles. The van der Waals surface area contributed by atoms with Crippen molar-refractivity contribution in [3.05, 3.63) is 29.3 Å². The molecule has 0 amide bonds. The Labute approximate surface area is 71.8 Å². The van der Waals surface area contributed by atoms with Crippen molar-refractivity contribution in [3.63, 3.8) is 0 Å². The van der Waals surface area contributed by atoms with Crippen molar-refractivity contribution in [2.75, 3.05) is 7.11 Å². The number of hydrogen-bond donors (Lipinski definition) is 1. The van der Waals surface area contributed by atoms with Crippen LogP contribution in [0.2, 0.25) is 0 Å². The number of hydrogen-bond acceptors (Lipinski definition) is 2. The van der Waals surface area contributed by atoms with Crippen LogP contribution in [0.25, 0.3) is 0 Å². The summed E-state index contributed by atoms with van der Waals surface area (Å²) in [6.07, 6.45) is 2.29. The molecule has 0 bridgehead atoms. The minimum Gasteiger partial charge on any atom is -0.508 e. The Hall–Kier alpha value is -1.02. The number of aromatic hydroxyl groups is 1. The first-order chi connectivity index (χ1) is 5.81. The zero-order valence-corrected chi connectivity index (χ0v) is 7.08. The first-order valence-electron chi connectivity index (χ1n) is 4.16. The van der Waals surface area contributed by atoms with Crippen LogP contribution in [0.15, 0.2) is 18.2 Å². The van der Waals surface area contributed by atoms with Gasteiger partial charge in [-0.1, -0.05) is 6.07 Å². The average molecular weight is 164 g/mol. The molecule has 0 radical (unpaired) electrons. The third kappa shape index (κ3) is 1.08. The Morgan fingerprint density at radius 2 is 2.33 bits per heavy atom. The third-order valence-electron chi connectivity index (χ3n) is 2.43. The van der Waals surface area contributed by atoms with Crippen molar-refractivity contribution in [2.45, 2.75) is 18.9 Å². The molecule has 1 aliphatic rings. The summed E-state index contributed by atoms with van der Waals surface area (Å²) in [4.78, 5) is 0. The first kappa shape index (κ1) is 7.62. The standard InChI is InChI=1S/C10H12O2/c1-12-10-5-2-7-6-8(11)3-4-9(7)10/h3-4,6,10-11H,2,5H2,1H3. The lowest BCUT2D eigenvalue weighted by Gasteiger charge is -2.08. The van der Waals surface area contributed by atoms with Gasteiger partial charge in [0.1, 0.15) is 5.75 Å². The Morgan fingerprint density at radius 1 is 1.50 bits per heavy atom. The second kappa shape index (κ2) is 2.79. The Morgan fingerprint density at radius 3 is 3.08 bits per heavy atom. The molecule has 2 heteroatoms. The predicted octanol–water partition coefficient (Wildman–Crippen LogP) is 2.03. The fourth-order valence-electron chi connectivity index (χ4n) is 1.81. The lowest BCUT2D eigenvalue weighted by molar-refractivity contribution is 0.105. The molecule has 1 atom stereocenters. The summed E-state index contributed by atoms with van der Waals surface area (Å²) in [7, 11) is 1.73. The molecule has 0 aliphatic heterocycles. The zero-order chi connectivity index (χ0) is 8.55. The van der Waals surface area contributed by atoms with Crippen LogP contribution in [0.3, 0.4) is 0 Å². The summed E-state index contributed by atoms with van der Waals surface area (Å²) in [5, 5.41) is 9.21. The highest BCUT2D eigenvalue weighted by molar-refractivity contribution is 5.39. The monoisotopic (exact) mass is 164 g/mol. The molecule has 0 spiro atoms. The highest BCUT2D eigenvalue weighted by atomic mass is 16.5. The molecule has 0 saturated heterocycles. The van der Waals surface area contributed by atoms with Gasteiger partial charge in [-0.05, 0) is 36.1 Å². The Balaban J connectivity index is 2.40. The molecular weight excluding hydrogens is 152 g/mol. The average Bonchev–Trinajstić information content (AvgIpc) is 2.46. The van der Waals surface area contributed by atoms with Crippen molar-refractivity contribution < 1.29 is 9.84 Å². The lowest BCUT2D eigenvalue weighted by Crippen LogP contribution is -1.94. The fraction of sp³-hybridized carbons (Fsp3) is 0.400. The fourth-order valence-corrected chi connectivity index (χ4v) is 1.81. The molecule has 2 rings (SSSR count). The molecule has 0 heterocycles. The maximum absolute atomic E-state index is 9.21. The van der Waals surface area contributed by atoms with Gasteiger partial charge in [-0.2, -0.15) is 0 Å². The summed E-state index contributed by atoms with van der Waals surface area (Å²) in [5.74, 6) is 0.352. The highest BCUT2D eigenvalue weighted by Gasteiger charge is 2.21. The van der Waals surface area contributed by atoms with Crippen molar-refractivity contribution in [2.24, 2.45) is 0 Å². The summed E-state index contributed by atoms with van der Waals surface area (Å²) in [6, 6.07) is 5.50. The van der Waals surface area contributed by atoms with Gasteiger partial charge in [-0.3, -0.25) is 0 Å². The number of ether oxygens (including phenoxy) is 1. The zero-order valence-electron chi connectivity index (χ0n) is 7.08. The Kier molecular flexibility index (Phi) is 1.77. The van der Waals surface area contributed by atoms with E-state index in [0.29, 0.717) is 5.75 Å². The van der Waals surface area contributed by atoms with Crippen molar-refractivity contribution >= 4 is 0 Å². The van der Waals surface area contributed by atoms with Crippen LogP contribution < -0.4 is 0 Å². The maximum atomic E-state index is 9.21. The predicted molar refractivity (Wildman–Crippen MR) is 46.2 cm³/mol. The summed E-state index contributed by atoms with van der Waals surface area (Å²) < 4.78 is 5.30. The number of phenols is 1. The van der Waals surface area contributed by atoms with Crippen LogP contribution in [0, 0.1) is 0 Å². The van der Waals surface area contributed by atoms with Crippen LogP contribution in [-0.4, -0.2) is 12.2 Å². The minimum atomic E-state index is 0.237. The summed E-state index contributed by atoms with van der Waals surface area (Å²) in [6.45, 7) is 0. The molecule has 1 aromatic carbocycles. The van der Waals surface area contributed by atoms with E-state index in [9.17, 15) is 5.11 Å². The van der Waals surface area contributed by atoms with E-state index in [1.54, 1.807) is 13.2 Å². The molecule has 12 heavy (non-hydrogen) atoms. The molecule has 1 unspecified atom stereocenters. The summed E-state index contributed by atoms with van der Waals surface area (Å²) in [5.41, 5.74) is 2.46. The molecule has 64 valence electrons. The third-order valence-corrected chi connectivity index (χ3v) is 2.43. The largest absolute Gasteiger partial charge is 0.508 e. The van der Waals surface area contributed by atoms with E-state index in [0.717, 1.165) is 12.8 Å². The van der Waals surface area contributed by atoms with Gasteiger partial charge < -0.3 is 9.84 Å². The molecule has 1 aliphatic carbocycles. The maximum Gasteiger partial charge on any atom is 0.115 e. The smallest absolute Gasteiger partial charge is 0.115 e. The molecule has 0 fully saturated rings. The van der Waals surface area contributed by atoms with E-state index in [4.69, 9.17) is 4.74 Å². The molecule has 2 nitrogen and oxygen atoms in total. The van der Waals surface area contributed by atoms with Gasteiger partial charge in [0.2, 0.25) is 0 Å². The van der Waals surface area contributed by atoms with Crippen LogP contribution in [0.5, 0.6) is 5.75 Å². The van der Waals surface area contributed by atoms with E-state index in [2.05, 4.69) is 0 Å². The number of rotatable bonds is 1. The van der Waals surface area contributed by atoms with Crippen LogP contribution in [0.4, 0.5) is 0 Å². The van der Waals surface area contributed by atoms with E-state index in [1.807, 2.05) is 12.1 Å². The van der Waals surface area contributed by atoms with Gasteiger partial charge in [-0.15, -0.1) is 0 Å². The van der Waals surface area contributed by atoms with Gasteiger partial charge in [0.15, 0.2) is 0 Å². The van der Waals surface area contributed by atoms with Gasteiger partial charge >= 0.3 is 0 Å². The molecular formula is C10H12O2. The first-order valence-corrected chi connectivity index (χ1v) is 4.16. The van der Waals surface area contributed by atoms with Crippen molar-refractivity contribution in [1.29, 1.82) is 0 Å². The van der Waals surface area contributed by atoms with Crippen LogP contribution in [0.1, 0.15) is 23.7 Å². The van der Waals surface area contributed by atoms with Crippen LogP contribution >= 0.6 is 0 Å². The second-order valence-corrected chi connectivity index (χ2v) is 3.15. The molecule has 1 aromatic rings. The second-order valence-electron chi connectivity index (χ2n) is 3.15. The quantitative estimate of drug-likeness (QED) is 0.688. The van der Waals surface area contributed by atoms with E-state index < -0.39 is 0 Å². The number of methoxy groups -OCH3 is 1. The van der Waals surface area contributed by atoms with Gasteiger partial charge in [-0.25, -0.2) is 0 Å². The van der Waals surface area contributed by atoms with E-state index in [1.165, 1.54) is 11.1 Å². The van der Waals surface area contributed by atoms with Gasteiger partial charge in [0, 0.05) is 7.11 Å². The van der Waals surface area contributed by atoms with Gasteiger partial charge in [0.05, 0.1) is 6.10 Å². The molecule has 0 saturated carbocycles.